The summed E-state index contributed by atoms with van der Waals surface area (Å²) in [6.07, 6.45) is 1.30. The average Bonchev–Trinajstić information content (AvgIpc) is 2.88. The fraction of sp³-hybridized carbons (Fsp3) is 0.0385. The second kappa shape index (κ2) is 9.47. The standard InChI is InChI=1S/C26H18ClN5O4/c27-17-8-11-19-20(12-17)30-22-21(23(19)33)26(36)32(31-25(22)35)13-15-6-9-18(10-7-15)28-14-29-24(34)16-4-2-1-3-5-16/h1-12,14H,13H2,(H,30,33)(H,31,35)(H,28,29,34). The summed E-state index contributed by atoms with van der Waals surface area (Å²) in [6, 6.07) is 20.2. The molecule has 178 valence electrons. The fourth-order valence-corrected chi connectivity index (χ4v) is 3.99. The molecule has 5 aromatic rings. The minimum atomic E-state index is -0.617. The number of rotatable bonds is 5. The first-order valence-corrected chi connectivity index (χ1v) is 11.2. The quantitative estimate of drug-likeness (QED) is 0.194. The summed E-state index contributed by atoms with van der Waals surface area (Å²) in [4.78, 5) is 57.9. The lowest BCUT2D eigenvalue weighted by Gasteiger charge is -2.08. The first kappa shape index (κ1) is 23.0. The van der Waals surface area contributed by atoms with Crippen molar-refractivity contribution in [3.05, 3.63) is 120 Å². The monoisotopic (exact) mass is 499 g/mol. The largest absolute Gasteiger partial charge is 0.350 e. The summed E-state index contributed by atoms with van der Waals surface area (Å²) in [6.45, 7) is 0.0385. The Labute approximate surface area is 207 Å². The van der Waals surface area contributed by atoms with Crippen LogP contribution in [0, 0.1) is 0 Å². The van der Waals surface area contributed by atoms with Gasteiger partial charge in [-0.3, -0.25) is 24.3 Å². The minimum absolute atomic E-state index is 0.0385. The van der Waals surface area contributed by atoms with Crippen LogP contribution in [0.1, 0.15) is 15.9 Å². The molecule has 0 aliphatic rings. The van der Waals surface area contributed by atoms with Gasteiger partial charge in [-0.1, -0.05) is 41.9 Å². The number of fused-ring (bicyclic) bond motifs is 2. The van der Waals surface area contributed by atoms with E-state index in [1.807, 2.05) is 6.07 Å². The summed E-state index contributed by atoms with van der Waals surface area (Å²) in [5.74, 6) is -0.276. The molecule has 0 aliphatic carbocycles. The molecule has 5 rings (SSSR count). The van der Waals surface area contributed by atoms with Crippen LogP contribution in [-0.4, -0.2) is 27.0 Å². The van der Waals surface area contributed by atoms with E-state index < -0.39 is 16.5 Å². The third-order valence-corrected chi connectivity index (χ3v) is 5.84. The molecule has 0 spiro atoms. The van der Waals surface area contributed by atoms with E-state index in [2.05, 4.69) is 20.4 Å². The summed E-state index contributed by atoms with van der Waals surface area (Å²) in [5, 5.41) is 5.56. The normalized spacial score (nSPS) is 11.4. The Kier molecular flexibility index (Phi) is 6.05. The molecular weight excluding hydrogens is 482 g/mol. The smallest absolute Gasteiger partial charge is 0.287 e. The van der Waals surface area contributed by atoms with Gasteiger partial charge in [0.05, 0.1) is 24.1 Å². The van der Waals surface area contributed by atoms with Gasteiger partial charge in [-0.15, -0.1) is 0 Å². The van der Waals surface area contributed by atoms with Crippen molar-refractivity contribution in [1.29, 1.82) is 0 Å². The van der Waals surface area contributed by atoms with Gasteiger partial charge in [-0.2, -0.15) is 0 Å². The maximum absolute atomic E-state index is 13.1. The first-order valence-electron chi connectivity index (χ1n) is 10.9. The number of hydrogen-bond acceptors (Lipinski definition) is 5. The Hall–Kier alpha value is -4.76. The summed E-state index contributed by atoms with van der Waals surface area (Å²) < 4.78 is 1.10. The highest BCUT2D eigenvalue weighted by Crippen LogP contribution is 2.16. The van der Waals surface area contributed by atoms with E-state index in [1.54, 1.807) is 54.6 Å². The fourth-order valence-electron chi connectivity index (χ4n) is 3.82. The van der Waals surface area contributed by atoms with Crippen LogP contribution in [0.5, 0.6) is 0 Å². The number of pyridine rings is 1. The Morgan fingerprint density at radius 2 is 1.75 bits per heavy atom. The molecule has 3 N–H and O–H groups in total. The molecule has 0 bridgehead atoms. The topological polar surface area (TPSA) is 129 Å². The van der Waals surface area contributed by atoms with Gasteiger partial charge >= 0.3 is 0 Å². The van der Waals surface area contributed by atoms with Gasteiger partial charge in [0.15, 0.2) is 0 Å². The van der Waals surface area contributed by atoms with E-state index in [1.165, 1.54) is 18.5 Å². The molecule has 9 nitrogen and oxygen atoms in total. The number of nitrogens with zero attached hydrogens (tertiary/aromatic N) is 2. The Bertz CT molecular complexity index is 1820. The number of H-pyrrole nitrogens is 2. The zero-order valence-corrected chi connectivity index (χ0v) is 19.4. The Balaban J connectivity index is 1.39. The van der Waals surface area contributed by atoms with Crippen molar-refractivity contribution < 1.29 is 4.79 Å². The molecule has 0 atom stereocenters. The van der Waals surface area contributed by atoms with Crippen LogP contribution in [0.15, 0.2) is 92.2 Å². The van der Waals surface area contributed by atoms with Gasteiger partial charge in [0, 0.05) is 16.0 Å². The molecule has 0 saturated carbocycles. The van der Waals surface area contributed by atoms with E-state index in [0.717, 1.165) is 4.68 Å². The third kappa shape index (κ3) is 4.47. The van der Waals surface area contributed by atoms with Gasteiger partial charge in [0.1, 0.15) is 10.9 Å². The number of hydrogen-bond donors (Lipinski definition) is 3. The second-order valence-corrected chi connectivity index (χ2v) is 8.43. The van der Waals surface area contributed by atoms with Gasteiger partial charge in [-0.05, 0) is 48.0 Å². The van der Waals surface area contributed by atoms with Crippen LogP contribution >= 0.6 is 11.6 Å². The molecule has 10 heteroatoms. The van der Waals surface area contributed by atoms with E-state index in [-0.39, 0.29) is 28.7 Å². The number of aromatic nitrogens is 3. The zero-order valence-electron chi connectivity index (χ0n) is 18.6. The zero-order chi connectivity index (χ0) is 25.2. The molecule has 1 amide bonds. The van der Waals surface area contributed by atoms with Crippen molar-refractivity contribution >= 4 is 51.3 Å². The lowest BCUT2D eigenvalue weighted by Crippen LogP contribution is -2.34. The van der Waals surface area contributed by atoms with Crippen LogP contribution in [0.25, 0.3) is 21.8 Å². The van der Waals surface area contributed by atoms with Crippen LogP contribution in [0.3, 0.4) is 0 Å². The Morgan fingerprint density at radius 3 is 2.50 bits per heavy atom. The lowest BCUT2D eigenvalue weighted by molar-refractivity contribution is 0.0978. The predicted octanol–water partition coefficient (Wildman–Crippen LogP) is 3.32. The number of halogens is 1. The number of benzene rings is 3. The summed E-state index contributed by atoms with van der Waals surface area (Å²) >= 11 is 5.99. The predicted molar refractivity (Wildman–Crippen MR) is 140 cm³/mol. The molecule has 0 unspecified atom stereocenters. The van der Waals surface area contributed by atoms with E-state index in [0.29, 0.717) is 27.4 Å². The number of carbonyl (C=O) groups is 1. The molecule has 0 radical (unpaired) electrons. The van der Waals surface area contributed by atoms with Crippen molar-refractivity contribution in [2.75, 3.05) is 0 Å². The summed E-state index contributed by atoms with van der Waals surface area (Å²) in [7, 11) is 0. The molecular formula is C26H18ClN5O4. The van der Waals surface area contributed by atoms with E-state index >= 15 is 0 Å². The molecule has 0 saturated heterocycles. The SMILES string of the molecule is O=C(NC=Nc1ccc(Cn2[nH]c(=O)c3[nH]c4cc(Cl)ccc4c(=O)c3c2=O)cc1)c1ccccc1. The van der Waals surface area contributed by atoms with Crippen molar-refractivity contribution in [2.45, 2.75) is 6.54 Å². The molecule has 0 aliphatic heterocycles. The van der Waals surface area contributed by atoms with Crippen LogP contribution < -0.4 is 21.9 Å². The third-order valence-electron chi connectivity index (χ3n) is 5.61. The highest BCUT2D eigenvalue weighted by Gasteiger charge is 2.15. The number of amides is 1. The van der Waals surface area contributed by atoms with E-state index in [9.17, 15) is 19.2 Å². The number of aromatic amines is 2. The number of aliphatic imine (C=N–C) groups is 1. The number of carbonyl (C=O) groups excluding carboxylic acids is 1. The maximum atomic E-state index is 13.1. The highest BCUT2D eigenvalue weighted by atomic mass is 35.5. The van der Waals surface area contributed by atoms with Crippen molar-refractivity contribution in [3.8, 4) is 0 Å². The van der Waals surface area contributed by atoms with Crippen molar-refractivity contribution in [3.63, 3.8) is 0 Å². The number of nitrogens with one attached hydrogen (secondary N) is 3. The minimum Gasteiger partial charge on any atom is -0.350 e. The van der Waals surface area contributed by atoms with Gasteiger partial charge < -0.3 is 10.3 Å². The molecule has 0 fully saturated rings. The maximum Gasteiger partial charge on any atom is 0.287 e. The molecule has 3 aromatic carbocycles. The molecule has 36 heavy (non-hydrogen) atoms. The Morgan fingerprint density at radius 1 is 1.00 bits per heavy atom. The molecule has 2 aromatic heterocycles. The van der Waals surface area contributed by atoms with Crippen LogP contribution in [0.4, 0.5) is 5.69 Å². The molecule has 2 heterocycles. The van der Waals surface area contributed by atoms with Gasteiger partial charge in [-0.25, -0.2) is 9.67 Å². The van der Waals surface area contributed by atoms with Crippen molar-refractivity contribution in [1.82, 2.24) is 20.1 Å². The van der Waals surface area contributed by atoms with Crippen LogP contribution in [-0.2, 0) is 6.54 Å². The van der Waals surface area contributed by atoms with Crippen molar-refractivity contribution in [2.24, 2.45) is 4.99 Å². The first-order chi connectivity index (χ1) is 17.4. The van der Waals surface area contributed by atoms with E-state index in [4.69, 9.17) is 11.6 Å². The van der Waals surface area contributed by atoms with Gasteiger partial charge in [0.25, 0.3) is 17.0 Å². The lowest BCUT2D eigenvalue weighted by atomic mass is 10.1. The van der Waals surface area contributed by atoms with Crippen LogP contribution in [0.2, 0.25) is 5.02 Å². The highest BCUT2D eigenvalue weighted by molar-refractivity contribution is 6.31. The second-order valence-electron chi connectivity index (χ2n) is 7.99. The van der Waals surface area contributed by atoms with Gasteiger partial charge in [0.2, 0.25) is 5.43 Å². The average molecular weight is 500 g/mol. The summed E-state index contributed by atoms with van der Waals surface area (Å²) in [5.41, 5.74) is 0.313.